The van der Waals surface area contributed by atoms with Crippen molar-refractivity contribution in [3.63, 3.8) is 0 Å². The van der Waals surface area contributed by atoms with Gasteiger partial charge in [-0.25, -0.2) is 13.4 Å². The number of hydrogen-bond acceptors (Lipinski definition) is 6. The highest BCUT2D eigenvalue weighted by molar-refractivity contribution is 7.89. The van der Waals surface area contributed by atoms with E-state index in [0.717, 1.165) is 47.0 Å². The van der Waals surface area contributed by atoms with Gasteiger partial charge in [-0.05, 0) is 80.3 Å². The van der Waals surface area contributed by atoms with Gasteiger partial charge in [-0.3, -0.25) is 9.69 Å². The zero-order chi connectivity index (χ0) is 25.3. The molecule has 188 valence electrons. The van der Waals surface area contributed by atoms with Crippen LogP contribution in [0, 0.1) is 13.8 Å². The fraction of sp³-hybridized carbons (Fsp3) is 0.333. The molecule has 0 saturated carbocycles. The molecule has 7 nitrogen and oxygen atoms in total. The van der Waals surface area contributed by atoms with Crippen LogP contribution >= 0.6 is 11.3 Å². The molecule has 9 heteroatoms. The van der Waals surface area contributed by atoms with Crippen LogP contribution in [0.1, 0.15) is 52.9 Å². The van der Waals surface area contributed by atoms with Gasteiger partial charge in [-0.15, -0.1) is 0 Å². The Bertz CT molecular complexity index is 1470. The summed E-state index contributed by atoms with van der Waals surface area (Å²) in [4.78, 5) is 20.3. The number of rotatable bonds is 6. The van der Waals surface area contributed by atoms with Crippen molar-refractivity contribution < 1.29 is 17.6 Å². The minimum absolute atomic E-state index is 0.213. The second kappa shape index (κ2) is 10.2. The maximum Gasteiger partial charge on any atom is 0.260 e. The Morgan fingerprint density at radius 1 is 1.03 bits per heavy atom. The number of thiazole rings is 1. The topological polar surface area (TPSA) is 83.7 Å². The Labute approximate surface area is 215 Å². The van der Waals surface area contributed by atoms with E-state index in [1.165, 1.54) is 23.5 Å². The summed E-state index contributed by atoms with van der Waals surface area (Å²) >= 11 is 1.45. The van der Waals surface area contributed by atoms with E-state index in [9.17, 15) is 13.2 Å². The van der Waals surface area contributed by atoms with Crippen LogP contribution in [0.3, 0.4) is 0 Å². The van der Waals surface area contributed by atoms with Crippen molar-refractivity contribution in [2.75, 3.05) is 18.0 Å². The van der Waals surface area contributed by atoms with Crippen LogP contribution in [0.15, 0.2) is 64.1 Å². The summed E-state index contributed by atoms with van der Waals surface area (Å²) in [7, 11) is -3.58. The minimum Gasteiger partial charge on any atom is -0.467 e. The minimum atomic E-state index is -3.58. The summed E-state index contributed by atoms with van der Waals surface area (Å²) in [5.41, 5.74) is 3.50. The second-order valence-corrected chi connectivity index (χ2v) is 12.1. The van der Waals surface area contributed by atoms with Gasteiger partial charge in [0.15, 0.2) is 5.13 Å². The number of benzene rings is 2. The summed E-state index contributed by atoms with van der Waals surface area (Å²) in [5.74, 6) is 0.370. The van der Waals surface area contributed by atoms with Gasteiger partial charge in [0, 0.05) is 18.7 Å². The van der Waals surface area contributed by atoms with Gasteiger partial charge in [0.25, 0.3) is 5.91 Å². The third-order valence-corrected chi connectivity index (χ3v) is 9.70. The fourth-order valence-corrected chi connectivity index (χ4v) is 7.01. The van der Waals surface area contributed by atoms with E-state index in [-0.39, 0.29) is 17.3 Å². The number of furan rings is 1. The van der Waals surface area contributed by atoms with Crippen molar-refractivity contribution in [3.05, 3.63) is 77.2 Å². The lowest BCUT2D eigenvalue weighted by atomic mass is 10.1. The summed E-state index contributed by atoms with van der Waals surface area (Å²) in [6, 6.07) is 13.9. The van der Waals surface area contributed by atoms with Crippen LogP contribution in [-0.4, -0.2) is 36.7 Å². The first kappa shape index (κ1) is 24.7. The van der Waals surface area contributed by atoms with Crippen molar-refractivity contribution in [3.8, 4) is 0 Å². The number of hydrogen-bond donors (Lipinski definition) is 0. The molecule has 0 bridgehead atoms. The predicted molar refractivity (Wildman–Crippen MR) is 142 cm³/mol. The number of amides is 1. The smallest absolute Gasteiger partial charge is 0.260 e. The normalized spacial score (nSPS) is 15.2. The number of carbonyl (C=O) groups is 1. The van der Waals surface area contributed by atoms with Gasteiger partial charge in [-0.1, -0.05) is 30.2 Å². The largest absolute Gasteiger partial charge is 0.467 e. The van der Waals surface area contributed by atoms with Gasteiger partial charge in [-0.2, -0.15) is 4.31 Å². The number of aromatic nitrogens is 1. The molecule has 0 atom stereocenters. The van der Waals surface area contributed by atoms with Crippen LogP contribution in [0.4, 0.5) is 5.13 Å². The van der Waals surface area contributed by atoms with Crippen molar-refractivity contribution in [2.45, 2.75) is 51.0 Å². The van der Waals surface area contributed by atoms with Crippen LogP contribution in [-0.2, 0) is 16.6 Å². The van der Waals surface area contributed by atoms with E-state index in [1.54, 1.807) is 33.7 Å². The maximum absolute atomic E-state index is 13.7. The average Bonchev–Trinajstić information content (AvgIpc) is 3.47. The molecule has 5 rings (SSSR count). The van der Waals surface area contributed by atoms with Gasteiger partial charge in [0.1, 0.15) is 5.76 Å². The predicted octanol–water partition coefficient (Wildman–Crippen LogP) is 5.92. The van der Waals surface area contributed by atoms with Crippen LogP contribution in [0.5, 0.6) is 0 Å². The van der Waals surface area contributed by atoms with Gasteiger partial charge in [0.05, 0.1) is 27.9 Å². The monoisotopic (exact) mass is 523 g/mol. The Morgan fingerprint density at radius 3 is 2.42 bits per heavy atom. The lowest BCUT2D eigenvalue weighted by Gasteiger charge is -2.21. The van der Waals surface area contributed by atoms with Crippen molar-refractivity contribution in [2.24, 2.45) is 0 Å². The Hall–Kier alpha value is -3.01. The first-order chi connectivity index (χ1) is 17.3. The zero-order valence-corrected chi connectivity index (χ0v) is 22.1. The summed E-state index contributed by atoms with van der Waals surface area (Å²) in [6.07, 6.45) is 5.43. The first-order valence-corrected chi connectivity index (χ1v) is 14.4. The van der Waals surface area contributed by atoms with E-state index in [2.05, 4.69) is 6.07 Å². The zero-order valence-electron chi connectivity index (χ0n) is 20.4. The maximum atomic E-state index is 13.7. The standard InChI is InChI=1S/C27H29N3O4S2/c1-19-9-14-24-25(20(19)2)28-27(35-24)30(18-22-8-7-17-34-22)26(31)21-10-12-23(13-11-21)36(32,33)29-15-5-3-4-6-16-29/h7-14,17H,3-6,15-16,18H2,1-2H3. The Kier molecular flexibility index (Phi) is 6.96. The molecule has 36 heavy (non-hydrogen) atoms. The number of fused-ring (bicyclic) bond motifs is 1. The van der Waals surface area contributed by atoms with E-state index in [1.807, 2.05) is 26.0 Å². The van der Waals surface area contributed by atoms with Crippen LogP contribution in [0.25, 0.3) is 10.2 Å². The van der Waals surface area contributed by atoms with E-state index in [4.69, 9.17) is 9.40 Å². The average molecular weight is 524 g/mol. The highest BCUT2D eigenvalue weighted by Gasteiger charge is 2.27. The molecule has 0 aliphatic carbocycles. The molecule has 1 aliphatic heterocycles. The molecule has 1 saturated heterocycles. The van der Waals surface area contributed by atoms with Gasteiger partial charge >= 0.3 is 0 Å². The SMILES string of the molecule is Cc1ccc2sc(N(Cc3ccco3)C(=O)c3ccc(S(=O)(=O)N4CCCCCC4)cc3)nc2c1C. The summed E-state index contributed by atoms with van der Waals surface area (Å²) in [6.45, 7) is 5.37. The second-order valence-electron chi connectivity index (χ2n) is 9.16. The highest BCUT2D eigenvalue weighted by Crippen LogP contribution is 2.33. The fourth-order valence-electron chi connectivity index (χ4n) is 4.47. The van der Waals surface area contributed by atoms with Crippen molar-refractivity contribution in [1.29, 1.82) is 0 Å². The Morgan fingerprint density at radius 2 is 1.75 bits per heavy atom. The third kappa shape index (κ3) is 4.83. The molecule has 0 N–H and O–H groups in total. The first-order valence-electron chi connectivity index (χ1n) is 12.2. The number of anilines is 1. The summed E-state index contributed by atoms with van der Waals surface area (Å²) in [5, 5.41) is 0.571. The molecule has 4 aromatic rings. The molecule has 0 spiro atoms. The molecule has 0 radical (unpaired) electrons. The number of sulfonamides is 1. The number of aryl methyl sites for hydroxylation is 2. The molecule has 1 fully saturated rings. The highest BCUT2D eigenvalue weighted by atomic mass is 32.2. The molecule has 1 aliphatic rings. The lowest BCUT2D eigenvalue weighted by molar-refractivity contribution is 0.0983. The molecule has 1 amide bonds. The van der Waals surface area contributed by atoms with E-state index >= 15 is 0 Å². The van der Waals surface area contributed by atoms with Crippen LogP contribution < -0.4 is 4.90 Å². The summed E-state index contributed by atoms with van der Waals surface area (Å²) < 4.78 is 34.4. The lowest BCUT2D eigenvalue weighted by Crippen LogP contribution is -2.32. The van der Waals surface area contributed by atoms with E-state index in [0.29, 0.717) is 29.5 Å². The Balaban J connectivity index is 1.46. The van der Waals surface area contributed by atoms with Crippen LogP contribution in [0.2, 0.25) is 0 Å². The molecule has 2 aromatic heterocycles. The molecule has 3 heterocycles. The third-order valence-electron chi connectivity index (χ3n) is 6.75. The number of carbonyl (C=O) groups excluding carboxylic acids is 1. The van der Waals surface area contributed by atoms with Gasteiger partial charge < -0.3 is 4.42 Å². The molecule has 0 unspecified atom stereocenters. The van der Waals surface area contributed by atoms with Crippen molar-refractivity contribution >= 4 is 42.6 Å². The molecule has 2 aromatic carbocycles. The number of nitrogens with zero attached hydrogens (tertiary/aromatic N) is 3. The quantitative estimate of drug-likeness (QED) is 0.313. The van der Waals surface area contributed by atoms with Crippen molar-refractivity contribution in [1.82, 2.24) is 9.29 Å². The molecular weight excluding hydrogens is 494 g/mol. The molecular formula is C27H29N3O4S2. The van der Waals surface area contributed by atoms with E-state index < -0.39 is 10.0 Å². The van der Waals surface area contributed by atoms with Gasteiger partial charge in [0.2, 0.25) is 10.0 Å².